The van der Waals surface area contributed by atoms with Crippen molar-refractivity contribution in [2.45, 2.75) is 32.9 Å². The Hall–Kier alpha value is -1.86. The van der Waals surface area contributed by atoms with Gasteiger partial charge in [-0.05, 0) is 32.9 Å². The summed E-state index contributed by atoms with van der Waals surface area (Å²) >= 11 is 1.12. The average Bonchev–Trinajstić information content (AvgIpc) is 3.02. The van der Waals surface area contributed by atoms with Crippen molar-refractivity contribution < 1.29 is 14.3 Å². The number of hydrogen-bond donors (Lipinski definition) is 2. The third-order valence-electron chi connectivity index (χ3n) is 3.36. The van der Waals surface area contributed by atoms with E-state index in [1.807, 2.05) is 6.92 Å². The zero-order valence-corrected chi connectivity index (χ0v) is 13.0. The Bertz CT molecular complexity index is 682. The van der Waals surface area contributed by atoms with E-state index >= 15 is 0 Å². The van der Waals surface area contributed by atoms with Gasteiger partial charge >= 0.3 is 4.87 Å². The lowest BCUT2D eigenvalue weighted by atomic mass is 10.0. The van der Waals surface area contributed by atoms with E-state index in [4.69, 9.17) is 4.42 Å². The molecule has 0 saturated carbocycles. The van der Waals surface area contributed by atoms with E-state index in [-0.39, 0.29) is 23.9 Å². The van der Waals surface area contributed by atoms with Crippen molar-refractivity contribution in [3.05, 3.63) is 44.4 Å². The second-order valence-electron chi connectivity index (χ2n) is 5.12. The first kappa shape index (κ1) is 15.5. The molecule has 2 heterocycles. The third kappa shape index (κ3) is 3.43. The normalized spacial score (nSPS) is 13.9. The number of amides is 1. The predicted molar refractivity (Wildman–Crippen MR) is 79.3 cm³/mol. The first-order valence-corrected chi connectivity index (χ1v) is 7.33. The summed E-state index contributed by atoms with van der Waals surface area (Å²) < 4.78 is 6.56. The first-order chi connectivity index (χ1) is 9.81. The molecule has 0 fully saturated rings. The average molecular weight is 310 g/mol. The van der Waals surface area contributed by atoms with Crippen molar-refractivity contribution in [3.63, 3.8) is 0 Å². The van der Waals surface area contributed by atoms with Gasteiger partial charge in [0.05, 0.1) is 12.8 Å². The van der Waals surface area contributed by atoms with Crippen LogP contribution in [0, 0.1) is 13.8 Å². The Kier molecular flexibility index (Phi) is 4.34. The Balaban J connectivity index is 1.98. The summed E-state index contributed by atoms with van der Waals surface area (Å²) in [5.74, 6) is 0.0485. The lowest BCUT2D eigenvalue weighted by Crippen LogP contribution is -2.40. The highest BCUT2D eigenvalue weighted by molar-refractivity contribution is 7.09. The largest absolute Gasteiger partial charge is 0.466 e. The molecule has 0 spiro atoms. The van der Waals surface area contributed by atoms with E-state index in [9.17, 15) is 14.7 Å². The molecule has 2 aromatic heterocycles. The Morgan fingerprint density at radius 1 is 1.52 bits per heavy atom. The smallest absolute Gasteiger partial charge is 0.308 e. The van der Waals surface area contributed by atoms with Crippen LogP contribution in [0.25, 0.3) is 0 Å². The number of rotatable bonds is 5. The molecule has 0 aliphatic rings. The molecular weight excluding hydrogens is 292 g/mol. The van der Waals surface area contributed by atoms with Gasteiger partial charge in [0, 0.05) is 10.6 Å². The SMILES string of the molecule is Cc1sc(=O)n(CC(=O)NCC(C)(O)c2ccco2)c1C. The van der Waals surface area contributed by atoms with Crippen molar-refractivity contribution >= 4 is 17.2 Å². The minimum atomic E-state index is -1.29. The number of thiazole rings is 1. The van der Waals surface area contributed by atoms with E-state index < -0.39 is 5.60 Å². The van der Waals surface area contributed by atoms with Crippen molar-refractivity contribution in [2.24, 2.45) is 0 Å². The molecule has 1 amide bonds. The van der Waals surface area contributed by atoms with Crippen LogP contribution < -0.4 is 10.2 Å². The third-order valence-corrected chi connectivity index (χ3v) is 4.36. The van der Waals surface area contributed by atoms with Crippen LogP contribution in [-0.2, 0) is 16.9 Å². The van der Waals surface area contributed by atoms with Gasteiger partial charge in [0.2, 0.25) is 5.91 Å². The van der Waals surface area contributed by atoms with Gasteiger partial charge in [-0.15, -0.1) is 0 Å². The van der Waals surface area contributed by atoms with Crippen LogP contribution in [0.1, 0.15) is 23.3 Å². The van der Waals surface area contributed by atoms with Gasteiger partial charge in [-0.2, -0.15) is 0 Å². The molecule has 2 N–H and O–H groups in total. The maximum absolute atomic E-state index is 11.9. The van der Waals surface area contributed by atoms with Crippen molar-refractivity contribution in [1.82, 2.24) is 9.88 Å². The van der Waals surface area contributed by atoms with Crippen LogP contribution in [0.4, 0.5) is 0 Å². The molecule has 0 aliphatic carbocycles. The zero-order valence-electron chi connectivity index (χ0n) is 12.2. The molecule has 2 rings (SSSR count). The van der Waals surface area contributed by atoms with Crippen LogP contribution in [0.2, 0.25) is 0 Å². The molecule has 114 valence electrons. The number of hydrogen-bond acceptors (Lipinski definition) is 5. The number of aryl methyl sites for hydroxylation is 1. The highest BCUT2D eigenvalue weighted by Gasteiger charge is 2.26. The Labute approximate surface area is 126 Å². The summed E-state index contributed by atoms with van der Waals surface area (Å²) in [5.41, 5.74) is -0.498. The predicted octanol–water partition coefficient (Wildman–Crippen LogP) is 1.14. The topological polar surface area (TPSA) is 84.5 Å². The number of furan rings is 1. The molecule has 21 heavy (non-hydrogen) atoms. The van der Waals surface area contributed by atoms with Crippen LogP contribution in [0.15, 0.2) is 27.6 Å². The summed E-state index contributed by atoms with van der Waals surface area (Å²) in [5, 5.41) is 12.8. The van der Waals surface area contributed by atoms with Crippen LogP contribution in [0.3, 0.4) is 0 Å². The monoisotopic (exact) mass is 310 g/mol. The van der Waals surface area contributed by atoms with Gasteiger partial charge < -0.3 is 14.8 Å². The van der Waals surface area contributed by atoms with Gasteiger partial charge in [-0.1, -0.05) is 11.3 Å². The lowest BCUT2D eigenvalue weighted by molar-refractivity contribution is -0.123. The molecule has 0 radical (unpaired) electrons. The fourth-order valence-electron chi connectivity index (χ4n) is 1.91. The maximum atomic E-state index is 11.9. The zero-order chi connectivity index (χ0) is 15.6. The van der Waals surface area contributed by atoms with Gasteiger partial charge in [0.15, 0.2) is 0 Å². The number of carbonyl (C=O) groups is 1. The first-order valence-electron chi connectivity index (χ1n) is 6.51. The van der Waals surface area contributed by atoms with Gasteiger partial charge in [0.25, 0.3) is 0 Å². The maximum Gasteiger partial charge on any atom is 0.308 e. The highest BCUT2D eigenvalue weighted by atomic mass is 32.1. The molecular formula is C14H18N2O4S. The lowest BCUT2D eigenvalue weighted by Gasteiger charge is -2.21. The summed E-state index contributed by atoms with van der Waals surface area (Å²) in [6.45, 7) is 5.16. The summed E-state index contributed by atoms with van der Waals surface area (Å²) in [7, 11) is 0. The summed E-state index contributed by atoms with van der Waals surface area (Å²) in [4.78, 5) is 24.4. The highest BCUT2D eigenvalue weighted by Crippen LogP contribution is 2.19. The van der Waals surface area contributed by atoms with Crippen LogP contribution in [0.5, 0.6) is 0 Å². The fourth-order valence-corrected chi connectivity index (χ4v) is 2.74. The fraction of sp³-hybridized carbons (Fsp3) is 0.429. The quantitative estimate of drug-likeness (QED) is 0.867. The number of nitrogens with zero attached hydrogens (tertiary/aromatic N) is 1. The van der Waals surface area contributed by atoms with Gasteiger partial charge in [-0.25, -0.2) is 0 Å². The van der Waals surface area contributed by atoms with E-state index in [2.05, 4.69) is 5.32 Å². The molecule has 1 unspecified atom stereocenters. The van der Waals surface area contributed by atoms with Gasteiger partial charge in [0.1, 0.15) is 17.9 Å². The number of nitrogens with one attached hydrogen (secondary N) is 1. The Morgan fingerprint density at radius 2 is 2.24 bits per heavy atom. The van der Waals surface area contributed by atoms with Crippen LogP contribution in [-0.4, -0.2) is 22.1 Å². The molecule has 0 aliphatic heterocycles. The van der Waals surface area contributed by atoms with E-state index in [1.54, 1.807) is 26.0 Å². The molecule has 1 atom stereocenters. The number of carbonyl (C=O) groups excluding carboxylic acids is 1. The van der Waals surface area contributed by atoms with E-state index in [0.29, 0.717) is 5.76 Å². The second-order valence-corrected chi connectivity index (χ2v) is 6.29. The Morgan fingerprint density at radius 3 is 2.76 bits per heavy atom. The molecule has 2 aromatic rings. The minimum Gasteiger partial charge on any atom is -0.466 e. The second kappa shape index (κ2) is 5.87. The minimum absolute atomic E-state index is 0.0102. The van der Waals surface area contributed by atoms with Crippen molar-refractivity contribution in [3.8, 4) is 0 Å². The molecule has 6 nitrogen and oxygen atoms in total. The van der Waals surface area contributed by atoms with Crippen molar-refractivity contribution in [2.75, 3.05) is 6.54 Å². The van der Waals surface area contributed by atoms with E-state index in [0.717, 1.165) is 21.9 Å². The van der Waals surface area contributed by atoms with Crippen molar-refractivity contribution in [1.29, 1.82) is 0 Å². The molecule has 0 aromatic carbocycles. The number of aromatic nitrogens is 1. The van der Waals surface area contributed by atoms with Crippen LogP contribution >= 0.6 is 11.3 Å². The summed E-state index contributed by atoms with van der Waals surface area (Å²) in [6.07, 6.45) is 1.46. The molecule has 7 heteroatoms. The summed E-state index contributed by atoms with van der Waals surface area (Å²) in [6, 6.07) is 3.31. The van der Waals surface area contributed by atoms with Gasteiger partial charge in [-0.3, -0.25) is 14.2 Å². The molecule has 0 saturated heterocycles. The van der Waals surface area contributed by atoms with E-state index in [1.165, 1.54) is 10.8 Å². The number of aliphatic hydroxyl groups is 1. The standard InChI is InChI=1S/C14H18N2O4S/c1-9-10(2)21-13(18)16(9)7-12(17)15-8-14(3,19)11-5-4-6-20-11/h4-6,19H,7-8H2,1-3H3,(H,15,17). The molecule has 0 bridgehead atoms.